The van der Waals surface area contributed by atoms with Crippen LogP contribution in [0.3, 0.4) is 0 Å². The van der Waals surface area contributed by atoms with E-state index in [0.29, 0.717) is 28.7 Å². The van der Waals surface area contributed by atoms with Crippen molar-refractivity contribution in [2.75, 3.05) is 5.32 Å². The Kier molecular flexibility index (Phi) is 6.03. The first kappa shape index (κ1) is 24.2. The van der Waals surface area contributed by atoms with Crippen molar-refractivity contribution >= 4 is 17.5 Å². The number of halogens is 3. The minimum Gasteiger partial charge on any atom is -0.310 e. The fourth-order valence-electron chi connectivity index (χ4n) is 3.52. The zero-order valence-electron chi connectivity index (χ0n) is 19.8. The molecule has 0 unspecified atom stereocenters. The van der Waals surface area contributed by atoms with Crippen molar-refractivity contribution in [3.05, 3.63) is 53.0 Å². The van der Waals surface area contributed by atoms with Gasteiger partial charge in [0.05, 0.1) is 5.69 Å². The maximum Gasteiger partial charge on any atom is 0.453 e. The number of carbonyl (C=O) groups excluding carboxylic acids is 1. The number of hydrogen-bond donors (Lipinski definition) is 1. The standard InChI is InChI=1S/C22H24F3N9O/c1-12-14(13(2)33-20(28-12)30-18(32-33)22(23,24)25)7-8-17(35)29-16-11-15(21(3,4)5)31-34(16)19-26-9-6-10-27-19/h6,9-11H,7-8H2,1-5H3,(H,29,35). The van der Waals surface area contributed by atoms with Gasteiger partial charge in [0.2, 0.25) is 5.91 Å². The third-order valence-electron chi connectivity index (χ3n) is 5.39. The number of nitrogens with one attached hydrogen (secondary N) is 1. The Hall–Kier alpha value is -3.90. The molecule has 0 aliphatic heterocycles. The highest BCUT2D eigenvalue weighted by Crippen LogP contribution is 2.28. The van der Waals surface area contributed by atoms with Crippen LogP contribution in [-0.2, 0) is 22.8 Å². The van der Waals surface area contributed by atoms with Gasteiger partial charge in [-0.15, -0.1) is 5.10 Å². The molecule has 4 heterocycles. The van der Waals surface area contributed by atoms with Gasteiger partial charge in [0.1, 0.15) is 5.82 Å². The maximum absolute atomic E-state index is 13.0. The van der Waals surface area contributed by atoms with Crippen LogP contribution in [0.5, 0.6) is 0 Å². The normalized spacial score (nSPS) is 12.3. The molecule has 0 aliphatic rings. The fraction of sp³-hybridized carbons (Fsp3) is 0.409. The van der Waals surface area contributed by atoms with Crippen molar-refractivity contribution in [2.24, 2.45) is 0 Å². The molecule has 0 bridgehead atoms. The third kappa shape index (κ3) is 4.98. The van der Waals surface area contributed by atoms with Gasteiger partial charge in [-0.2, -0.15) is 27.9 Å². The van der Waals surface area contributed by atoms with Crippen molar-refractivity contribution in [1.82, 2.24) is 39.3 Å². The molecule has 0 spiro atoms. The number of nitrogens with zero attached hydrogens (tertiary/aromatic N) is 8. The van der Waals surface area contributed by atoms with Gasteiger partial charge in [-0.05, 0) is 31.9 Å². The summed E-state index contributed by atoms with van der Waals surface area (Å²) in [4.78, 5) is 28.9. The number of anilines is 1. The van der Waals surface area contributed by atoms with E-state index < -0.39 is 12.0 Å². The number of rotatable bonds is 5. The van der Waals surface area contributed by atoms with E-state index in [-0.39, 0.29) is 29.9 Å². The molecule has 4 aromatic heterocycles. The van der Waals surface area contributed by atoms with Gasteiger partial charge in [-0.1, -0.05) is 20.8 Å². The number of aromatic nitrogens is 8. The number of amides is 1. The molecule has 0 fully saturated rings. The highest BCUT2D eigenvalue weighted by molar-refractivity contribution is 5.90. The van der Waals surface area contributed by atoms with Crippen molar-refractivity contribution in [2.45, 2.75) is 59.1 Å². The topological polar surface area (TPSA) is 116 Å². The van der Waals surface area contributed by atoms with Crippen LogP contribution in [0.2, 0.25) is 0 Å². The largest absolute Gasteiger partial charge is 0.453 e. The summed E-state index contributed by atoms with van der Waals surface area (Å²) >= 11 is 0. The lowest BCUT2D eigenvalue weighted by Gasteiger charge is -2.13. The predicted octanol–water partition coefficient (Wildman–Crippen LogP) is 3.60. The molecule has 0 aliphatic carbocycles. The number of alkyl halides is 3. The number of aryl methyl sites for hydroxylation is 2. The van der Waals surface area contributed by atoms with Crippen molar-refractivity contribution < 1.29 is 18.0 Å². The zero-order chi connectivity index (χ0) is 25.5. The van der Waals surface area contributed by atoms with Gasteiger partial charge in [-0.3, -0.25) is 4.79 Å². The molecule has 10 nitrogen and oxygen atoms in total. The Bertz CT molecular complexity index is 1390. The molecule has 1 amide bonds. The predicted molar refractivity (Wildman–Crippen MR) is 120 cm³/mol. The minimum atomic E-state index is -4.68. The lowest BCUT2D eigenvalue weighted by Crippen LogP contribution is -2.17. The van der Waals surface area contributed by atoms with Crippen molar-refractivity contribution in [3.63, 3.8) is 0 Å². The fourth-order valence-corrected chi connectivity index (χ4v) is 3.52. The van der Waals surface area contributed by atoms with Crippen LogP contribution < -0.4 is 5.32 Å². The van der Waals surface area contributed by atoms with Crippen molar-refractivity contribution in [3.8, 4) is 5.95 Å². The quantitative estimate of drug-likeness (QED) is 0.457. The van der Waals surface area contributed by atoms with E-state index in [2.05, 4.69) is 35.5 Å². The average Bonchev–Trinajstić information content (AvgIpc) is 3.39. The summed E-state index contributed by atoms with van der Waals surface area (Å²) in [6.07, 6.45) is -1.21. The molecule has 1 N–H and O–H groups in total. The van der Waals surface area contributed by atoms with E-state index in [0.717, 1.165) is 10.2 Å². The Labute approximate surface area is 198 Å². The zero-order valence-corrected chi connectivity index (χ0v) is 19.8. The average molecular weight is 487 g/mol. The Morgan fingerprint density at radius 1 is 1.06 bits per heavy atom. The van der Waals surface area contributed by atoms with Gasteiger partial charge in [0.15, 0.2) is 0 Å². The Morgan fingerprint density at radius 2 is 1.74 bits per heavy atom. The summed E-state index contributed by atoms with van der Waals surface area (Å²) in [6.45, 7) is 9.29. The van der Waals surface area contributed by atoms with E-state index in [1.807, 2.05) is 20.8 Å². The number of carbonyl (C=O) groups is 1. The summed E-state index contributed by atoms with van der Waals surface area (Å²) in [5.41, 5.74) is 2.03. The van der Waals surface area contributed by atoms with Crippen LogP contribution in [0.15, 0.2) is 24.5 Å². The molecule has 13 heteroatoms. The summed E-state index contributed by atoms with van der Waals surface area (Å²) in [6, 6.07) is 3.45. The molecule has 0 saturated heterocycles. The molecule has 35 heavy (non-hydrogen) atoms. The lowest BCUT2D eigenvalue weighted by molar-refractivity contribution is -0.144. The van der Waals surface area contributed by atoms with Gasteiger partial charge in [-0.25, -0.2) is 19.5 Å². The van der Waals surface area contributed by atoms with Crippen LogP contribution in [0, 0.1) is 13.8 Å². The van der Waals surface area contributed by atoms with Crippen LogP contribution in [0.1, 0.15) is 55.7 Å². The second-order valence-corrected chi connectivity index (χ2v) is 9.08. The van der Waals surface area contributed by atoms with Gasteiger partial charge in [0.25, 0.3) is 17.6 Å². The summed E-state index contributed by atoms with van der Waals surface area (Å²) in [5.74, 6) is -0.975. The third-order valence-corrected chi connectivity index (χ3v) is 5.39. The summed E-state index contributed by atoms with van der Waals surface area (Å²) < 4.78 is 41.6. The Balaban J connectivity index is 1.57. The summed E-state index contributed by atoms with van der Waals surface area (Å²) in [7, 11) is 0. The SMILES string of the molecule is Cc1nc2nc(C(F)(F)F)nn2c(C)c1CCC(=O)Nc1cc(C(C)(C)C)nn1-c1ncccn1. The second-order valence-electron chi connectivity index (χ2n) is 9.08. The van der Waals surface area contributed by atoms with Gasteiger partial charge < -0.3 is 5.32 Å². The molecule has 0 atom stereocenters. The number of fused-ring (bicyclic) bond motifs is 1. The first-order valence-corrected chi connectivity index (χ1v) is 10.8. The van der Waals surface area contributed by atoms with Crippen LogP contribution in [0.4, 0.5) is 19.0 Å². The molecule has 0 saturated carbocycles. The monoisotopic (exact) mass is 487 g/mol. The van der Waals surface area contributed by atoms with E-state index in [1.165, 1.54) is 4.68 Å². The number of hydrogen-bond acceptors (Lipinski definition) is 7. The second kappa shape index (κ2) is 8.71. The molecule has 4 rings (SSSR count). The molecule has 4 aromatic rings. The highest BCUT2D eigenvalue weighted by atomic mass is 19.4. The lowest BCUT2D eigenvalue weighted by atomic mass is 9.92. The molecule has 0 aromatic carbocycles. The first-order chi connectivity index (χ1) is 16.3. The highest BCUT2D eigenvalue weighted by Gasteiger charge is 2.37. The smallest absolute Gasteiger partial charge is 0.310 e. The van der Waals surface area contributed by atoms with Crippen molar-refractivity contribution in [1.29, 1.82) is 0 Å². The minimum absolute atomic E-state index is 0.0569. The van der Waals surface area contributed by atoms with E-state index in [9.17, 15) is 18.0 Å². The first-order valence-electron chi connectivity index (χ1n) is 10.8. The molecular formula is C22H24F3N9O. The maximum atomic E-state index is 13.0. The van der Waals surface area contributed by atoms with E-state index in [1.54, 1.807) is 38.4 Å². The van der Waals surface area contributed by atoms with E-state index in [4.69, 9.17) is 0 Å². The van der Waals surface area contributed by atoms with Crippen LogP contribution in [-0.4, -0.2) is 45.2 Å². The van der Waals surface area contributed by atoms with E-state index >= 15 is 0 Å². The van der Waals surface area contributed by atoms with Crippen LogP contribution >= 0.6 is 0 Å². The van der Waals surface area contributed by atoms with Gasteiger partial charge >= 0.3 is 6.18 Å². The molecule has 0 radical (unpaired) electrons. The van der Waals surface area contributed by atoms with Crippen LogP contribution in [0.25, 0.3) is 11.7 Å². The van der Waals surface area contributed by atoms with Gasteiger partial charge in [0, 0.05) is 41.7 Å². The summed E-state index contributed by atoms with van der Waals surface area (Å²) in [5, 5.41) is 11.0. The molecule has 184 valence electrons. The molecular weight excluding hydrogens is 463 g/mol. The Morgan fingerprint density at radius 3 is 2.37 bits per heavy atom.